The molecule has 2 aliphatic heterocycles. The van der Waals surface area contributed by atoms with Crippen molar-refractivity contribution < 1.29 is 33.7 Å². The van der Waals surface area contributed by atoms with Crippen LogP contribution in [0.3, 0.4) is 0 Å². The molecular weight excluding hydrogens is 556 g/mol. The topological polar surface area (TPSA) is 115 Å². The van der Waals surface area contributed by atoms with Crippen LogP contribution in [0.5, 0.6) is 11.5 Å². The maximum Gasteiger partial charge on any atom is 0.350 e. The van der Waals surface area contributed by atoms with Gasteiger partial charge in [0, 0.05) is 12.0 Å². The molecule has 1 aromatic heterocycles. The summed E-state index contributed by atoms with van der Waals surface area (Å²) in [6, 6.07) is 11.3. The van der Waals surface area contributed by atoms with Gasteiger partial charge in [0.15, 0.2) is 5.13 Å². The number of amides is 1. The van der Waals surface area contributed by atoms with E-state index in [1.165, 1.54) is 11.0 Å². The first-order chi connectivity index (χ1) is 20.2. The molecule has 1 N–H and O–H groups in total. The van der Waals surface area contributed by atoms with Crippen LogP contribution >= 0.6 is 11.3 Å². The largest absolute Gasteiger partial charge is 0.507 e. The lowest BCUT2D eigenvalue weighted by atomic mass is 9.94. The lowest BCUT2D eigenvalue weighted by Crippen LogP contribution is -2.29. The SMILES string of the molecule is C=CCOC(=O)c1sc(N2C(=O)C(=O)/C(=C(/O)c3ccc4c(c3)CC(C)O4)C2c2ccc(OCCCC)cc2)nc1C. The number of benzene rings is 2. The average molecular weight is 589 g/mol. The van der Waals surface area contributed by atoms with Crippen LogP contribution < -0.4 is 14.4 Å². The Morgan fingerprint density at radius 2 is 2.00 bits per heavy atom. The number of aromatic nitrogens is 1. The van der Waals surface area contributed by atoms with Crippen molar-refractivity contribution in [3.63, 3.8) is 0 Å². The van der Waals surface area contributed by atoms with Gasteiger partial charge in [-0.25, -0.2) is 9.78 Å². The molecule has 1 fully saturated rings. The number of ketones is 1. The number of esters is 1. The third-order valence-electron chi connectivity index (χ3n) is 7.09. The number of aryl methyl sites for hydroxylation is 1. The summed E-state index contributed by atoms with van der Waals surface area (Å²) < 4.78 is 16.8. The second-order valence-corrected chi connectivity index (χ2v) is 11.2. The normalized spacial score (nSPS) is 19.0. The number of hydrogen-bond acceptors (Lipinski definition) is 9. The number of aliphatic hydroxyl groups is 1. The molecule has 0 spiro atoms. The van der Waals surface area contributed by atoms with Crippen molar-refractivity contribution in [2.45, 2.75) is 52.2 Å². The molecular formula is C32H32N2O7S. The van der Waals surface area contributed by atoms with E-state index in [1.54, 1.807) is 49.4 Å². The Morgan fingerprint density at radius 3 is 2.71 bits per heavy atom. The second kappa shape index (κ2) is 12.2. The van der Waals surface area contributed by atoms with Gasteiger partial charge in [0.25, 0.3) is 5.78 Å². The summed E-state index contributed by atoms with van der Waals surface area (Å²) in [5, 5.41) is 11.7. The highest BCUT2D eigenvalue weighted by Gasteiger charge is 2.48. The van der Waals surface area contributed by atoms with Gasteiger partial charge in [0.1, 0.15) is 34.8 Å². The molecule has 2 aliphatic rings. The van der Waals surface area contributed by atoms with Crippen LogP contribution in [-0.2, 0) is 20.7 Å². The summed E-state index contributed by atoms with van der Waals surface area (Å²) >= 11 is 0.950. The van der Waals surface area contributed by atoms with Gasteiger partial charge in [-0.05, 0) is 61.7 Å². The number of hydrogen-bond donors (Lipinski definition) is 1. The molecule has 0 saturated carbocycles. The van der Waals surface area contributed by atoms with Crippen LogP contribution in [0.2, 0.25) is 0 Å². The number of Topliss-reactive ketones (excluding diaryl/α,β-unsaturated/α-hetero) is 1. The fourth-order valence-corrected chi connectivity index (χ4v) is 6.01. The van der Waals surface area contributed by atoms with Crippen LogP contribution in [0.25, 0.3) is 5.76 Å². The van der Waals surface area contributed by atoms with Crippen LogP contribution in [0.1, 0.15) is 64.8 Å². The maximum atomic E-state index is 13.6. The molecule has 0 radical (unpaired) electrons. The molecule has 2 atom stereocenters. The van der Waals surface area contributed by atoms with Gasteiger partial charge in [-0.3, -0.25) is 14.5 Å². The average Bonchev–Trinajstić information content (AvgIpc) is 3.63. The minimum Gasteiger partial charge on any atom is -0.507 e. The van der Waals surface area contributed by atoms with E-state index in [1.807, 2.05) is 6.92 Å². The van der Waals surface area contributed by atoms with Crippen molar-refractivity contribution in [1.82, 2.24) is 4.98 Å². The molecule has 0 aliphatic carbocycles. The van der Waals surface area contributed by atoms with Crippen molar-refractivity contribution in [1.29, 1.82) is 0 Å². The number of thiazole rings is 1. The number of ether oxygens (including phenoxy) is 3. The van der Waals surface area contributed by atoms with Gasteiger partial charge in [-0.15, -0.1) is 0 Å². The number of carbonyl (C=O) groups is 3. The lowest BCUT2D eigenvalue weighted by Gasteiger charge is -2.23. The van der Waals surface area contributed by atoms with E-state index in [-0.39, 0.29) is 34.1 Å². The summed E-state index contributed by atoms with van der Waals surface area (Å²) in [4.78, 5) is 45.7. The summed E-state index contributed by atoms with van der Waals surface area (Å²) in [7, 11) is 0. The zero-order chi connectivity index (χ0) is 30.0. The van der Waals surface area contributed by atoms with Crippen LogP contribution in [0, 0.1) is 6.92 Å². The molecule has 5 rings (SSSR count). The highest BCUT2D eigenvalue weighted by atomic mass is 32.1. The highest BCUT2D eigenvalue weighted by molar-refractivity contribution is 7.17. The van der Waals surface area contributed by atoms with Crippen molar-refractivity contribution in [2.24, 2.45) is 0 Å². The van der Waals surface area contributed by atoms with Crippen LogP contribution in [-0.4, -0.2) is 47.1 Å². The minimum atomic E-state index is -0.999. The summed E-state index contributed by atoms with van der Waals surface area (Å²) in [6.07, 6.45) is 4.03. The van der Waals surface area contributed by atoms with E-state index in [9.17, 15) is 19.5 Å². The summed E-state index contributed by atoms with van der Waals surface area (Å²) in [5.41, 5.74) is 2.16. The summed E-state index contributed by atoms with van der Waals surface area (Å²) in [6.45, 7) is 9.81. The number of aliphatic hydroxyl groups excluding tert-OH is 1. The van der Waals surface area contributed by atoms with Crippen LogP contribution in [0.4, 0.5) is 5.13 Å². The first-order valence-electron chi connectivity index (χ1n) is 13.8. The fourth-order valence-electron chi connectivity index (χ4n) is 5.03. The Hall–Kier alpha value is -4.44. The first kappa shape index (κ1) is 29.1. The first-order valence-corrected chi connectivity index (χ1v) is 14.6. The molecule has 10 heteroatoms. The van der Waals surface area contributed by atoms with E-state index in [2.05, 4.69) is 18.5 Å². The number of carbonyl (C=O) groups excluding carboxylic acids is 3. The van der Waals surface area contributed by atoms with E-state index in [4.69, 9.17) is 14.2 Å². The Labute approximate surface area is 248 Å². The number of rotatable bonds is 10. The molecule has 1 amide bonds. The molecule has 3 heterocycles. The Bertz CT molecular complexity index is 1570. The Morgan fingerprint density at radius 1 is 1.24 bits per heavy atom. The van der Waals surface area contributed by atoms with Gasteiger partial charge in [-0.2, -0.15) is 0 Å². The third-order valence-corrected chi connectivity index (χ3v) is 8.22. The standard InChI is InChI=1S/C32H32N2O7S/c1-5-7-15-39-23-11-8-20(9-12-23)26-25(27(35)21-10-13-24-22(17-21)16-18(3)41-24)28(36)30(37)34(26)32-33-19(4)29(42-32)31(38)40-14-6-2/h6,8-13,17-18,26,35H,2,5,7,14-16H2,1,3-4H3/b27-25+. The molecule has 2 aromatic carbocycles. The predicted octanol–water partition coefficient (Wildman–Crippen LogP) is 5.92. The zero-order valence-corrected chi connectivity index (χ0v) is 24.5. The molecule has 0 bridgehead atoms. The zero-order valence-electron chi connectivity index (χ0n) is 23.7. The molecule has 2 unspecified atom stereocenters. The van der Waals surface area contributed by atoms with Gasteiger partial charge in [0.2, 0.25) is 0 Å². The molecule has 42 heavy (non-hydrogen) atoms. The fraction of sp³-hybridized carbons (Fsp3) is 0.312. The molecule has 3 aromatic rings. The smallest absolute Gasteiger partial charge is 0.350 e. The molecule has 218 valence electrons. The van der Waals surface area contributed by atoms with E-state index in [0.717, 1.165) is 35.5 Å². The number of unbranched alkanes of at least 4 members (excludes halogenated alkanes) is 1. The monoisotopic (exact) mass is 588 g/mol. The summed E-state index contributed by atoms with van der Waals surface area (Å²) in [5.74, 6) is -1.24. The predicted molar refractivity (Wildman–Crippen MR) is 159 cm³/mol. The van der Waals surface area contributed by atoms with E-state index < -0.39 is 23.7 Å². The van der Waals surface area contributed by atoms with Crippen molar-refractivity contribution in [2.75, 3.05) is 18.1 Å². The minimum absolute atomic E-state index is 0.00143. The number of anilines is 1. The van der Waals surface area contributed by atoms with Gasteiger partial charge < -0.3 is 19.3 Å². The van der Waals surface area contributed by atoms with E-state index >= 15 is 0 Å². The lowest BCUT2D eigenvalue weighted by molar-refractivity contribution is -0.132. The second-order valence-electron chi connectivity index (χ2n) is 10.2. The maximum absolute atomic E-state index is 13.6. The van der Waals surface area contributed by atoms with E-state index in [0.29, 0.717) is 35.6 Å². The molecule has 1 saturated heterocycles. The Kier molecular flexibility index (Phi) is 8.44. The quantitative estimate of drug-likeness (QED) is 0.0775. The number of nitrogens with zero attached hydrogens (tertiary/aromatic N) is 2. The van der Waals surface area contributed by atoms with Crippen molar-refractivity contribution >= 4 is 39.9 Å². The highest BCUT2D eigenvalue weighted by Crippen LogP contribution is 2.44. The van der Waals surface area contributed by atoms with Gasteiger partial charge in [0.05, 0.1) is 23.9 Å². The van der Waals surface area contributed by atoms with Crippen LogP contribution in [0.15, 0.2) is 60.7 Å². The van der Waals surface area contributed by atoms with Gasteiger partial charge in [-0.1, -0.05) is 49.5 Å². The third kappa shape index (κ3) is 5.54. The van der Waals surface area contributed by atoms with Crippen molar-refractivity contribution in [3.05, 3.63) is 88.0 Å². The van der Waals surface area contributed by atoms with Gasteiger partial charge >= 0.3 is 11.9 Å². The number of fused-ring (bicyclic) bond motifs is 1. The Balaban J connectivity index is 1.60. The molecule has 9 nitrogen and oxygen atoms in total. The van der Waals surface area contributed by atoms with Crippen molar-refractivity contribution in [3.8, 4) is 11.5 Å².